The molecule has 0 saturated heterocycles. The molecular formula is C25H13N3S2. The van der Waals surface area contributed by atoms with Crippen molar-refractivity contribution >= 4 is 80.4 Å². The van der Waals surface area contributed by atoms with Crippen LogP contribution < -0.4 is 0 Å². The van der Waals surface area contributed by atoms with Crippen LogP contribution in [0.1, 0.15) is 0 Å². The van der Waals surface area contributed by atoms with Crippen LogP contribution in [0.15, 0.2) is 78.3 Å². The van der Waals surface area contributed by atoms with Crippen molar-refractivity contribution in [1.29, 1.82) is 0 Å². The first-order valence-corrected chi connectivity index (χ1v) is 11.6. The minimum absolute atomic E-state index is 1.18. The Bertz CT molecular complexity index is 1910. The Labute approximate surface area is 178 Å². The molecular weight excluding hydrogens is 406 g/mol. The number of thiophene rings is 2. The largest absolute Gasteiger partial charge is 0.307 e. The quantitative estimate of drug-likeness (QED) is 0.271. The molecule has 30 heavy (non-hydrogen) atoms. The van der Waals surface area contributed by atoms with Gasteiger partial charge in [-0.3, -0.25) is 0 Å². The van der Waals surface area contributed by atoms with Gasteiger partial charge in [0, 0.05) is 37.0 Å². The van der Waals surface area contributed by atoms with E-state index in [0.29, 0.717) is 0 Å². The molecule has 140 valence electrons. The molecule has 0 bridgehead atoms. The SMILES string of the molecule is c1ccc2c(c1)sc1c(-n3c4cccc5c4c4c3csc4n3nccc53)cccc12. The third-order valence-corrected chi connectivity index (χ3v) is 8.41. The van der Waals surface area contributed by atoms with Gasteiger partial charge in [0.05, 0.1) is 33.1 Å². The van der Waals surface area contributed by atoms with E-state index in [4.69, 9.17) is 0 Å². The minimum Gasteiger partial charge on any atom is -0.307 e. The number of pyridine rings is 1. The van der Waals surface area contributed by atoms with Crippen LogP contribution in [0.5, 0.6) is 0 Å². The summed E-state index contributed by atoms with van der Waals surface area (Å²) >= 11 is 3.66. The van der Waals surface area contributed by atoms with E-state index in [1.807, 2.05) is 17.5 Å². The van der Waals surface area contributed by atoms with Crippen molar-refractivity contribution in [2.75, 3.05) is 0 Å². The van der Waals surface area contributed by atoms with Crippen molar-refractivity contribution < 1.29 is 0 Å². The molecule has 0 spiro atoms. The van der Waals surface area contributed by atoms with Gasteiger partial charge in [-0.15, -0.1) is 22.7 Å². The second-order valence-corrected chi connectivity index (χ2v) is 9.63. The lowest BCUT2D eigenvalue weighted by Gasteiger charge is -2.09. The van der Waals surface area contributed by atoms with E-state index >= 15 is 0 Å². The van der Waals surface area contributed by atoms with Gasteiger partial charge in [-0.05, 0) is 24.3 Å². The molecule has 0 aliphatic carbocycles. The predicted molar refractivity (Wildman–Crippen MR) is 129 cm³/mol. The van der Waals surface area contributed by atoms with Crippen LogP contribution in [0.2, 0.25) is 0 Å². The fourth-order valence-corrected chi connectivity index (χ4v) is 7.29. The summed E-state index contributed by atoms with van der Waals surface area (Å²) in [6.45, 7) is 0. The van der Waals surface area contributed by atoms with Crippen molar-refractivity contribution in [3.8, 4) is 5.69 Å². The average Bonchev–Trinajstić information content (AvgIpc) is 3.54. The van der Waals surface area contributed by atoms with Crippen LogP contribution >= 0.6 is 22.7 Å². The summed E-state index contributed by atoms with van der Waals surface area (Å²) < 4.78 is 7.23. The molecule has 0 amide bonds. The number of fused-ring (bicyclic) bond motifs is 6. The van der Waals surface area contributed by atoms with Crippen molar-refractivity contribution in [3.63, 3.8) is 0 Å². The first kappa shape index (κ1) is 15.4. The molecule has 5 heteroatoms. The highest BCUT2D eigenvalue weighted by Gasteiger charge is 2.22. The maximum absolute atomic E-state index is 4.62. The maximum Gasteiger partial charge on any atom is 0.128 e. The second kappa shape index (κ2) is 5.19. The highest BCUT2D eigenvalue weighted by atomic mass is 32.1. The average molecular weight is 420 g/mol. The molecule has 0 aliphatic rings. The standard InChI is InChI=1S/C25H13N3S2/c1-2-10-21-14(5-1)15-6-3-9-19(24(15)30-21)27-18-8-4-7-16-17-11-12-26-28(17)25-23(22(16)18)20(27)13-29-25/h1-13H. The lowest BCUT2D eigenvalue weighted by molar-refractivity contribution is 1.02. The number of benzene rings is 3. The highest BCUT2D eigenvalue weighted by molar-refractivity contribution is 7.26. The van der Waals surface area contributed by atoms with E-state index in [0.717, 1.165) is 0 Å². The first-order valence-electron chi connectivity index (χ1n) is 9.90. The molecule has 5 aromatic heterocycles. The molecule has 0 radical (unpaired) electrons. The summed E-state index contributed by atoms with van der Waals surface area (Å²) in [6.07, 6.45) is 1.90. The van der Waals surface area contributed by atoms with Gasteiger partial charge in [0.1, 0.15) is 4.83 Å². The van der Waals surface area contributed by atoms with Gasteiger partial charge in [-0.2, -0.15) is 5.10 Å². The van der Waals surface area contributed by atoms with Crippen LogP contribution in [-0.2, 0) is 0 Å². The van der Waals surface area contributed by atoms with Gasteiger partial charge in [-0.1, -0.05) is 42.5 Å². The maximum atomic E-state index is 4.62. The number of hydrogen-bond donors (Lipinski definition) is 0. The molecule has 0 atom stereocenters. The Morgan fingerprint density at radius 3 is 2.57 bits per heavy atom. The molecule has 0 N–H and O–H groups in total. The molecule has 0 aliphatic heterocycles. The molecule has 8 rings (SSSR count). The van der Waals surface area contributed by atoms with Gasteiger partial charge in [0.15, 0.2) is 0 Å². The predicted octanol–water partition coefficient (Wildman–Crippen LogP) is 7.45. The van der Waals surface area contributed by atoms with E-state index in [2.05, 4.69) is 86.3 Å². The Morgan fingerprint density at radius 2 is 1.57 bits per heavy atom. The highest BCUT2D eigenvalue weighted by Crippen LogP contribution is 2.45. The monoisotopic (exact) mass is 419 g/mol. The number of hydrogen-bond acceptors (Lipinski definition) is 3. The lowest BCUT2D eigenvalue weighted by atomic mass is 10.1. The topological polar surface area (TPSA) is 22.2 Å². The zero-order valence-electron chi connectivity index (χ0n) is 15.7. The van der Waals surface area contributed by atoms with Crippen LogP contribution in [-0.4, -0.2) is 14.2 Å². The van der Waals surface area contributed by atoms with Crippen molar-refractivity contribution in [2.45, 2.75) is 0 Å². The fraction of sp³-hybridized carbons (Fsp3) is 0. The summed E-state index contributed by atoms with van der Waals surface area (Å²) in [6, 6.07) is 24.2. The Hall–Kier alpha value is -3.41. The molecule has 8 aromatic rings. The summed E-state index contributed by atoms with van der Waals surface area (Å²) in [5.74, 6) is 0. The zero-order chi connectivity index (χ0) is 19.4. The van der Waals surface area contributed by atoms with E-state index in [1.54, 1.807) is 11.3 Å². The van der Waals surface area contributed by atoms with Gasteiger partial charge in [-0.25, -0.2) is 4.52 Å². The normalized spacial score (nSPS) is 12.7. The van der Waals surface area contributed by atoms with Crippen molar-refractivity contribution in [2.24, 2.45) is 0 Å². The molecule has 0 saturated carbocycles. The molecule has 0 unspecified atom stereocenters. The van der Waals surface area contributed by atoms with Crippen LogP contribution in [0, 0.1) is 0 Å². The van der Waals surface area contributed by atoms with Gasteiger partial charge < -0.3 is 4.57 Å². The van der Waals surface area contributed by atoms with Crippen molar-refractivity contribution in [1.82, 2.24) is 14.2 Å². The zero-order valence-corrected chi connectivity index (χ0v) is 17.3. The Kier molecular flexibility index (Phi) is 2.67. The Morgan fingerprint density at radius 1 is 0.700 bits per heavy atom. The number of aromatic nitrogens is 3. The third kappa shape index (κ3) is 1.67. The van der Waals surface area contributed by atoms with Gasteiger partial charge >= 0.3 is 0 Å². The minimum atomic E-state index is 1.18. The fourth-order valence-electron chi connectivity index (χ4n) is 5.06. The van der Waals surface area contributed by atoms with E-state index < -0.39 is 0 Å². The molecule has 5 heterocycles. The van der Waals surface area contributed by atoms with E-state index in [1.165, 1.54) is 63.4 Å². The van der Waals surface area contributed by atoms with Crippen LogP contribution in [0.4, 0.5) is 0 Å². The first-order chi connectivity index (χ1) is 14.9. The summed E-state index contributed by atoms with van der Waals surface area (Å²) in [4.78, 5) is 1.22. The molecule has 0 fully saturated rings. The number of rotatable bonds is 1. The van der Waals surface area contributed by atoms with Crippen molar-refractivity contribution in [3.05, 3.63) is 78.3 Å². The number of nitrogens with zero attached hydrogens (tertiary/aromatic N) is 3. The third-order valence-electron chi connectivity index (χ3n) is 6.26. The van der Waals surface area contributed by atoms with Gasteiger partial charge in [0.25, 0.3) is 0 Å². The Balaban J connectivity index is 1.64. The molecule has 3 aromatic carbocycles. The summed E-state index contributed by atoms with van der Waals surface area (Å²) in [7, 11) is 0. The van der Waals surface area contributed by atoms with Crippen LogP contribution in [0.3, 0.4) is 0 Å². The van der Waals surface area contributed by atoms with Crippen LogP contribution in [0.25, 0.3) is 63.4 Å². The summed E-state index contributed by atoms with van der Waals surface area (Å²) in [5.41, 5.74) is 4.97. The van der Waals surface area contributed by atoms with E-state index in [9.17, 15) is 0 Å². The van der Waals surface area contributed by atoms with Gasteiger partial charge in [0.2, 0.25) is 0 Å². The van der Waals surface area contributed by atoms with E-state index in [-0.39, 0.29) is 0 Å². The summed E-state index contributed by atoms with van der Waals surface area (Å²) in [5, 5.41) is 13.5. The molecule has 3 nitrogen and oxygen atoms in total. The smallest absolute Gasteiger partial charge is 0.128 e. The lowest BCUT2D eigenvalue weighted by Crippen LogP contribution is -1.93. The second-order valence-electron chi connectivity index (χ2n) is 7.72.